The zero-order chi connectivity index (χ0) is 26.6. The molecule has 0 spiro atoms. The molecule has 1 aliphatic heterocycles. The first kappa shape index (κ1) is 25.0. The average Bonchev–Trinajstić information content (AvgIpc) is 3.33. The van der Waals surface area contributed by atoms with Crippen molar-refractivity contribution in [2.45, 2.75) is 32.7 Å². The quantitative estimate of drug-likeness (QED) is 0.283. The van der Waals surface area contributed by atoms with Gasteiger partial charge in [-0.25, -0.2) is 14.6 Å². The maximum atomic E-state index is 13.1. The number of piperidine rings is 1. The number of hydrogen-bond acceptors (Lipinski definition) is 7. The predicted octanol–water partition coefficient (Wildman–Crippen LogP) is 5.14. The summed E-state index contributed by atoms with van der Waals surface area (Å²) in [7, 11) is 0. The molecule has 1 atom stereocenters. The molecule has 0 bridgehead atoms. The summed E-state index contributed by atoms with van der Waals surface area (Å²) in [6.45, 7) is 4.93. The van der Waals surface area contributed by atoms with Gasteiger partial charge in [0.25, 0.3) is 5.91 Å². The van der Waals surface area contributed by atoms with Gasteiger partial charge in [0.05, 0.1) is 11.4 Å². The van der Waals surface area contributed by atoms with Gasteiger partial charge in [0.1, 0.15) is 41.0 Å². The van der Waals surface area contributed by atoms with E-state index in [9.17, 15) is 10.1 Å². The minimum Gasteiger partial charge on any atom is -0.457 e. The number of amides is 1. The van der Waals surface area contributed by atoms with Crippen molar-refractivity contribution in [2.75, 3.05) is 18.8 Å². The molecular formula is C29H29N7O2. The highest BCUT2D eigenvalue weighted by Crippen LogP contribution is 2.35. The molecule has 38 heavy (non-hydrogen) atoms. The third-order valence-corrected chi connectivity index (χ3v) is 6.51. The van der Waals surface area contributed by atoms with E-state index in [0.717, 1.165) is 24.2 Å². The van der Waals surface area contributed by atoms with Crippen LogP contribution in [-0.4, -0.2) is 43.6 Å². The van der Waals surface area contributed by atoms with Crippen molar-refractivity contribution in [3.63, 3.8) is 0 Å². The van der Waals surface area contributed by atoms with Crippen LogP contribution >= 0.6 is 0 Å². The molecule has 1 fully saturated rings. The SMILES string of the molecule is CC(C)/C=C(\C#N)C(=O)N1CCC[C@@H](n2nc(-c3ccc(Oc4ccccc4)cc3)c3c(N)ncnc32)C1. The van der Waals surface area contributed by atoms with Crippen molar-refractivity contribution in [3.05, 3.63) is 72.6 Å². The van der Waals surface area contributed by atoms with Crippen molar-refractivity contribution >= 4 is 22.8 Å². The Kier molecular flexibility index (Phi) is 7.05. The number of ether oxygens (including phenoxy) is 1. The summed E-state index contributed by atoms with van der Waals surface area (Å²) >= 11 is 0. The van der Waals surface area contributed by atoms with Gasteiger partial charge in [-0.3, -0.25) is 4.79 Å². The smallest absolute Gasteiger partial charge is 0.264 e. The van der Waals surface area contributed by atoms with E-state index in [1.807, 2.05) is 73.1 Å². The van der Waals surface area contributed by atoms with Crippen LogP contribution in [0.25, 0.3) is 22.3 Å². The van der Waals surface area contributed by atoms with Crippen LogP contribution in [0.4, 0.5) is 5.82 Å². The normalized spacial score (nSPS) is 16.0. The number of carbonyl (C=O) groups excluding carboxylic acids is 1. The second kappa shape index (κ2) is 10.7. The van der Waals surface area contributed by atoms with Gasteiger partial charge in [-0.1, -0.05) is 38.1 Å². The van der Waals surface area contributed by atoms with Crippen molar-refractivity contribution in [1.82, 2.24) is 24.6 Å². The van der Waals surface area contributed by atoms with Gasteiger partial charge < -0.3 is 15.4 Å². The Bertz CT molecular complexity index is 1520. The minimum atomic E-state index is -0.245. The fourth-order valence-electron chi connectivity index (χ4n) is 4.76. The summed E-state index contributed by atoms with van der Waals surface area (Å²) in [5.41, 5.74) is 8.63. The average molecular weight is 508 g/mol. The molecule has 0 unspecified atom stereocenters. The van der Waals surface area contributed by atoms with Crippen LogP contribution in [0.1, 0.15) is 32.7 Å². The Labute approximate surface area is 221 Å². The third kappa shape index (κ3) is 5.06. The highest BCUT2D eigenvalue weighted by Gasteiger charge is 2.30. The molecule has 0 saturated carbocycles. The monoisotopic (exact) mass is 507 g/mol. The van der Waals surface area contributed by atoms with E-state index >= 15 is 0 Å². The van der Waals surface area contributed by atoms with Crippen molar-refractivity contribution in [3.8, 4) is 28.8 Å². The van der Waals surface area contributed by atoms with Crippen molar-refractivity contribution in [2.24, 2.45) is 5.92 Å². The maximum Gasteiger partial charge on any atom is 0.264 e. The summed E-state index contributed by atoms with van der Waals surface area (Å²) < 4.78 is 7.78. The van der Waals surface area contributed by atoms with Crippen LogP contribution in [0, 0.1) is 17.2 Å². The second-order valence-electron chi connectivity index (χ2n) is 9.67. The summed E-state index contributed by atoms with van der Waals surface area (Å²) in [5.74, 6) is 1.67. The molecule has 2 aromatic heterocycles. The molecule has 5 rings (SSSR count). The van der Waals surface area contributed by atoms with Gasteiger partial charge in [0.15, 0.2) is 5.65 Å². The fraction of sp³-hybridized carbons (Fsp3) is 0.276. The maximum absolute atomic E-state index is 13.1. The molecule has 0 radical (unpaired) electrons. The number of hydrogen-bond donors (Lipinski definition) is 1. The van der Waals surface area contributed by atoms with E-state index in [-0.39, 0.29) is 23.4 Å². The molecule has 1 saturated heterocycles. The van der Waals surface area contributed by atoms with E-state index in [1.54, 1.807) is 11.0 Å². The van der Waals surface area contributed by atoms with E-state index in [4.69, 9.17) is 15.6 Å². The lowest BCUT2D eigenvalue weighted by molar-refractivity contribution is -0.128. The first-order valence-electron chi connectivity index (χ1n) is 12.7. The minimum absolute atomic E-state index is 0.107. The number of para-hydroxylation sites is 1. The molecule has 9 nitrogen and oxygen atoms in total. The highest BCUT2D eigenvalue weighted by atomic mass is 16.5. The number of fused-ring (bicyclic) bond motifs is 1. The number of rotatable bonds is 6. The first-order chi connectivity index (χ1) is 18.4. The van der Waals surface area contributed by atoms with Crippen LogP contribution in [0.5, 0.6) is 11.5 Å². The van der Waals surface area contributed by atoms with Gasteiger partial charge in [-0.15, -0.1) is 0 Å². The Morgan fingerprint density at radius 2 is 1.87 bits per heavy atom. The Hall–Kier alpha value is -4.71. The summed E-state index contributed by atoms with van der Waals surface area (Å²) in [6.07, 6.45) is 4.76. The van der Waals surface area contributed by atoms with E-state index in [2.05, 4.69) is 16.0 Å². The molecule has 192 valence electrons. The molecule has 1 aliphatic rings. The molecule has 2 aromatic carbocycles. The van der Waals surface area contributed by atoms with Crippen molar-refractivity contribution < 1.29 is 9.53 Å². The number of anilines is 1. The number of nitriles is 1. The van der Waals surface area contributed by atoms with E-state index in [1.165, 1.54) is 6.33 Å². The van der Waals surface area contributed by atoms with Gasteiger partial charge in [0, 0.05) is 18.7 Å². The first-order valence-corrected chi connectivity index (χ1v) is 12.7. The zero-order valence-corrected chi connectivity index (χ0v) is 21.4. The number of nitrogens with two attached hydrogens (primary N) is 1. The molecule has 3 heterocycles. The summed E-state index contributed by atoms with van der Waals surface area (Å²) in [5, 5.41) is 15.2. The molecular weight excluding hydrogens is 478 g/mol. The molecule has 4 aromatic rings. The highest BCUT2D eigenvalue weighted by molar-refractivity contribution is 5.99. The lowest BCUT2D eigenvalue weighted by Crippen LogP contribution is -2.41. The molecule has 9 heteroatoms. The van der Waals surface area contributed by atoms with Crippen LogP contribution in [0.2, 0.25) is 0 Å². The number of carbonyl (C=O) groups is 1. The van der Waals surface area contributed by atoms with Crippen LogP contribution < -0.4 is 10.5 Å². The van der Waals surface area contributed by atoms with Gasteiger partial charge in [-0.05, 0) is 55.2 Å². The summed E-state index contributed by atoms with van der Waals surface area (Å²) in [6, 6.07) is 19.2. The number of likely N-dealkylation sites (tertiary alicyclic amines) is 1. The second-order valence-corrected chi connectivity index (χ2v) is 9.67. The third-order valence-electron chi connectivity index (χ3n) is 6.51. The van der Waals surface area contributed by atoms with Gasteiger partial charge >= 0.3 is 0 Å². The van der Waals surface area contributed by atoms with Gasteiger partial charge in [-0.2, -0.15) is 10.4 Å². The van der Waals surface area contributed by atoms with Crippen molar-refractivity contribution in [1.29, 1.82) is 5.26 Å². The Balaban J connectivity index is 1.46. The van der Waals surface area contributed by atoms with Crippen LogP contribution in [0.3, 0.4) is 0 Å². The lowest BCUT2D eigenvalue weighted by atomic mass is 10.0. The number of nitrogens with zero attached hydrogens (tertiary/aromatic N) is 6. The Morgan fingerprint density at radius 1 is 1.13 bits per heavy atom. The lowest BCUT2D eigenvalue weighted by Gasteiger charge is -2.33. The largest absolute Gasteiger partial charge is 0.457 e. The molecule has 1 amide bonds. The summed E-state index contributed by atoms with van der Waals surface area (Å²) in [4.78, 5) is 23.6. The standard InChI is InChI=1S/C29H29N7O2/c1-19(2)15-21(16-30)29(37)35-14-6-7-22(17-35)36-28-25(27(31)32-18-33-28)26(34-36)20-10-12-24(13-11-20)38-23-8-4-3-5-9-23/h3-5,8-13,15,18-19,22H,6-7,14,17H2,1-2H3,(H2,31,32,33)/b21-15+/t22-/m1/s1. The predicted molar refractivity (Wildman–Crippen MR) is 145 cm³/mol. The van der Waals surface area contributed by atoms with Crippen LogP contribution in [0.15, 0.2) is 72.6 Å². The molecule has 0 aliphatic carbocycles. The Morgan fingerprint density at radius 3 is 2.58 bits per heavy atom. The van der Waals surface area contributed by atoms with E-state index in [0.29, 0.717) is 41.4 Å². The number of benzene rings is 2. The fourth-order valence-corrected chi connectivity index (χ4v) is 4.76. The van der Waals surface area contributed by atoms with Crippen LogP contribution in [-0.2, 0) is 4.79 Å². The van der Waals surface area contributed by atoms with E-state index < -0.39 is 0 Å². The number of aromatic nitrogens is 4. The topological polar surface area (TPSA) is 123 Å². The van der Waals surface area contributed by atoms with Gasteiger partial charge in [0.2, 0.25) is 0 Å². The zero-order valence-electron chi connectivity index (χ0n) is 21.4. The molecule has 2 N–H and O–H groups in total. The number of nitrogen functional groups attached to an aromatic ring is 1. The number of allylic oxidation sites excluding steroid dienone is 1.